The number of hydrogen-bond acceptors (Lipinski definition) is 4. The molecule has 1 aliphatic carbocycles. The van der Waals surface area contributed by atoms with Gasteiger partial charge in [-0.25, -0.2) is 0 Å². The molecule has 1 atom stereocenters. The molecule has 1 aromatic carbocycles. The minimum Gasteiger partial charge on any atom is -0.493 e. The summed E-state index contributed by atoms with van der Waals surface area (Å²) in [6, 6.07) is 6.23. The van der Waals surface area contributed by atoms with Gasteiger partial charge in [0.15, 0.2) is 11.5 Å². The molecule has 0 bridgehead atoms. The van der Waals surface area contributed by atoms with Crippen LogP contribution in [0, 0.1) is 5.92 Å². The van der Waals surface area contributed by atoms with E-state index in [1.54, 1.807) is 14.2 Å². The topological polar surface area (TPSA) is 67.9 Å². The van der Waals surface area contributed by atoms with E-state index in [1.807, 2.05) is 17.0 Å². The van der Waals surface area contributed by atoms with Crippen molar-refractivity contribution in [3.8, 4) is 11.5 Å². The fourth-order valence-corrected chi connectivity index (χ4v) is 5.00. The molecule has 0 spiro atoms. The van der Waals surface area contributed by atoms with Gasteiger partial charge < -0.3 is 19.7 Å². The Bertz CT molecular complexity index is 730. The fourth-order valence-electron chi connectivity index (χ4n) is 5.00. The molecule has 1 aliphatic heterocycles. The lowest BCUT2D eigenvalue weighted by Crippen LogP contribution is -2.48. The van der Waals surface area contributed by atoms with Gasteiger partial charge in [-0.2, -0.15) is 0 Å². The average Bonchev–Trinajstić information content (AvgIpc) is 2.81. The van der Waals surface area contributed by atoms with Gasteiger partial charge in [-0.05, 0) is 68.6 Å². The van der Waals surface area contributed by atoms with Gasteiger partial charge in [0, 0.05) is 19.0 Å². The van der Waals surface area contributed by atoms with Crippen LogP contribution in [0.2, 0.25) is 0 Å². The third-order valence-corrected chi connectivity index (χ3v) is 6.80. The summed E-state index contributed by atoms with van der Waals surface area (Å²) in [5, 5.41) is 2.89. The van der Waals surface area contributed by atoms with Crippen molar-refractivity contribution in [1.82, 2.24) is 10.2 Å². The van der Waals surface area contributed by atoms with Crippen LogP contribution in [0.25, 0.3) is 0 Å². The fraction of sp³-hybridized carbons (Fsp3) is 0.680. The number of amides is 2. The number of likely N-dealkylation sites (tertiary alicyclic amines) is 1. The van der Waals surface area contributed by atoms with Crippen molar-refractivity contribution in [3.63, 3.8) is 0 Å². The SMILES string of the molecule is COc1ccc(CCC2CCCCN2C(=O)CNC(=O)CC2CCCCC2)cc1OC. The highest BCUT2D eigenvalue weighted by molar-refractivity contribution is 5.85. The van der Waals surface area contributed by atoms with Crippen molar-refractivity contribution in [2.24, 2.45) is 5.92 Å². The molecule has 2 amide bonds. The number of ether oxygens (including phenoxy) is 2. The molecule has 1 heterocycles. The molecule has 1 unspecified atom stereocenters. The number of rotatable bonds is 9. The standard InChI is InChI=1S/C25H38N2O4/c1-30-22-14-12-20(16-23(22)31-2)11-13-21-10-6-7-15-27(21)25(29)18-26-24(28)17-19-8-4-3-5-9-19/h12,14,16,19,21H,3-11,13,15,17-18H2,1-2H3,(H,26,28). The minimum atomic E-state index is 0.0270. The second-order valence-corrected chi connectivity index (χ2v) is 8.95. The summed E-state index contributed by atoms with van der Waals surface area (Å²) < 4.78 is 10.7. The zero-order chi connectivity index (χ0) is 22.1. The first-order chi connectivity index (χ1) is 15.1. The van der Waals surface area contributed by atoms with Crippen molar-refractivity contribution in [1.29, 1.82) is 0 Å². The van der Waals surface area contributed by atoms with E-state index < -0.39 is 0 Å². The van der Waals surface area contributed by atoms with E-state index >= 15 is 0 Å². The van der Waals surface area contributed by atoms with Crippen LogP contribution in [-0.2, 0) is 16.0 Å². The first-order valence-electron chi connectivity index (χ1n) is 11.9. The van der Waals surface area contributed by atoms with Crippen LogP contribution in [0.1, 0.15) is 69.8 Å². The molecule has 0 radical (unpaired) electrons. The molecule has 1 saturated heterocycles. The van der Waals surface area contributed by atoms with Gasteiger partial charge in [0.25, 0.3) is 0 Å². The maximum Gasteiger partial charge on any atom is 0.242 e. The Kier molecular flexibility index (Phi) is 9.04. The van der Waals surface area contributed by atoms with Gasteiger partial charge in [0.1, 0.15) is 0 Å². The molecule has 2 aliphatic rings. The van der Waals surface area contributed by atoms with E-state index in [-0.39, 0.29) is 24.4 Å². The Morgan fingerprint density at radius 2 is 1.74 bits per heavy atom. The summed E-state index contributed by atoms with van der Waals surface area (Å²) in [5.74, 6) is 2.03. The summed E-state index contributed by atoms with van der Waals surface area (Å²) >= 11 is 0. The molecule has 31 heavy (non-hydrogen) atoms. The molecule has 1 saturated carbocycles. The van der Waals surface area contributed by atoms with Crippen LogP contribution in [0.4, 0.5) is 0 Å². The molecule has 2 fully saturated rings. The molecule has 6 nitrogen and oxygen atoms in total. The Hall–Kier alpha value is -2.24. The average molecular weight is 431 g/mol. The molecule has 1 N–H and O–H groups in total. The lowest BCUT2D eigenvalue weighted by atomic mass is 9.87. The molecule has 0 aromatic heterocycles. The van der Waals surface area contributed by atoms with E-state index in [4.69, 9.17) is 9.47 Å². The molecule has 172 valence electrons. The van der Waals surface area contributed by atoms with Crippen molar-refractivity contribution in [2.45, 2.75) is 76.7 Å². The highest BCUT2D eigenvalue weighted by atomic mass is 16.5. The number of piperidine rings is 1. The third-order valence-electron chi connectivity index (χ3n) is 6.80. The number of carbonyl (C=O) groups is 2. The first-order valence-corrected chi connectivity index (χ1v) is 11.9. The van der Waals surface area contributed by atoms with Crippen LogP contribution in [0.5, 0.6) is 11.5 Å². The van der Waals surface area contributed by atoms with Crippen molar-refractivity contribution in [2.75, 3.05) is 27.3 Å². The van der Waals surface area contributed by atoms with Crippen LogP contribution >= 0.6 is 0 Å². The van der Waals surface area contributed by atoms with E-state index in [9.17, 15) is 9.59 Å². The third kappa shape index (κ3) is 6.88. The second-order valence-electron chi connectivity index (χ2n) is 8.95. The summed E-state index contributed by atoms with van der Waals surface area (Å²) in [6.07, 6.45) is 11.6. The van der Waals surface area contributed by atoms with Gasteiger partial charge in [0.05, 0.1) is 20.8 Å². The number of nitrogens with zero attached hydrogens (tertiary/aromatic N) is 1. The zero-order valence-electron chi connectivity index (χ0n) is 19.2. The molecule has 1 aromatic rings. The second kappa shape index (κ2) is 12.0. The summed E-state index contributed by atoms with van der Waals surface area (Å²) in [5.41, 5.74) is 1.18. The smallest absolute Gasteiger partial charge is 0.242 e. The Morgan fingerprint density at radius 3 is 2.48 bits per heavy atom. The number of methoxy groups -OCH3 is 2. The van der Waals surface area contributed by atoms with Gasteiger partial charge in [0.2, 0.25) is 11.8 Å². The maximum absolute atomic E-state index is 12.9. The molecular weight excluding hydrogens is 392 g/mol. The van der Waals surface area contributed by atoms with Gasteiger partial charge in [-0.1, -0.05) is 25.3 Å². The number of carbonyl (C=O) groups excluding carboxylic acids is 2. The van der Waals surface area contributed by atoms with E-state index in [0.717, 1.165) is 63.0 Å². The predicted octanol–water partition coefficient (Wildman–Crippen LogP) is 4.10. The van der Waals surface area contributed by atoms with E-state index in [2.05, 4.69) is 11.4 Å². The number of benzene rings is 1. The van der Waals surface area contributed by atoms with Gasteiger partial charge >= 0.3 is 0 Å². The lowest BCUT2D eigenvalue weighted by molar-refractivity contribution is -0.136. The minimum absolute atomic E-state index is 0.0270. The number of aryl methyl sites for hydroxylation is 1. The molecule has 3 rings (SSSR count). The number of hydrogen-bond donors (Lipinski definition) is 1. The summed E-state index contributed by atoms with van der Waals surface area (Å²) in [4.78, 5) is 27.2. The van der Waals surface area contributed by atoms with Gasteiger partial charge in [-0.3, -0.25) is 9.59 Å². The summed E-state index contributed by atoms with van der Waals surface area (Å²) in [6.45, 7) is 0.909. The van der Waals surface area contributed by atoms with Crippen molar-refractivity contribution >= 4 is 11.8 Å². The van der Waals surface area contributed by atoms with Crippen molar-refractivity contribution < 1.29 is 19.1 Å². The van der Waals surface area contributed by atoms with E-state index in [1.165, 1.54) is 24.8 Å². The van der Waals surface area contributed by atoms with Crippen LogP contribution < -0.4 is 14.8 Å². The van der Waals surface area contributed by atoms with Gasteiger partial charge in [-0.15, -0.1) is 0 Å². The van der Waals surface area contributed by atoms with E-state index in [0.29, 0.717) is 12.3 Å². The molecular formula is C25H38N2O4. The lowest BCUT2D eigenvalue weighted by Gasteiger charge is -2.36. The quantitative estimate of drug-likeness (QED) is 0.640. The Morgan fingerprint density at radius 1 is 1.00 bits per heavy atom. The summed E-state index contributed by atoms with van der Waals surface area (Å²) in [7, 11) is 3.28. The number of nitrogens with one attached hydrogen (secondary N) is 1. The van der Waals surface area contributed by atoms with Crippen LogP contribution in [0.15, 0.2) is 18.2 Å². The first kappa shape index (κ1) is 23.4. The largest absolute Gasteiger partial charge is 0.493 e. The van der Waals surface area contributed by atoms with Crippen LogP contribution in [-0.4, -0.2) is 50.1 Å². The highest BCUT2D eigenvalue weighted by Crippen LogP contribution is 2.29. The zero-order valence-corrected chi connectivity index (χ0v) is 19.2. The Balaban J connectivity index is 1.49. The Labute approximate surface area is 186 Å². The van der Waals surface area contributed by atoms with Crippen molar-refractivity contribution in [3.05, 3.63) is 23.8 Å². The highest BCUT2D eigenvalue weighted by Gasteiger charge is 2.27. The van der Waals surface area contributed by atoms with Crippen LogP contribution in [0.3, 0.4) is 0 Å². The molecule has 6 heteroatoms. The monoisotopic (exact) mass is 430 g/mol. The maximum atomic E-state index is 12.9. The normalized spacial score (nSPS) is 19.7. The predicted molar refractivity (Wildman–Crippen MR) is 121 cm³/mol.